The molecule has 0 saturated carbocycles. The molecule has 1 heterocycles. The third kappa shape index (κ3) is 3.45. The second-order valence-corrected chi connectivity index (χ2v) is 5.96. The smallest absolute Gasteiger partial charge is 0.254 e. The summed E-state index contributed by atoms with van der Waals surface area (Å²) in [5.74, 6) is 1.37. The number of likely N-dealkylation sites (tertiary alicyclic amines) is 1. The molecule has 1 aliphatic heterocycles. The Hall–Kier alpha value is -1.23. The van der Waals surface area contributed by atoms with Crippen LogP contribution in [0.25, 0.3) is 0 Å². The maximum Gasteiger partial charge on any atom is 0.254 e. The predicted octanol–water partition coefficient (Wildman–Crippen LogP) is 3.09. The summed E-state index contributed by atoms with van der Waals surface area (Å²) in [4.78, 5) is 14.7. The Morgan fingerprint density at radius 2 is 2.00 bits per heavy atom. The lowest BCUT2D eigenvalue weighted by Gasteiger charge is -2.17. The van der Waals surface area contributed by atoms with Crippen LogP contribution in [0.15, 0.2) is 18.2 Å². The molecule has 1 aromatic rings. The minimum atomic E-state index is 0.0518. The number of nitrogens with zero attached hydrogens (tertiary/aromatic N) is 1. The van der Waals surface area contributed by atoms with Crippen molar-refractivity contribution in [2.24, 2.45) is 0 Å². The van der Waals surface area contributed by atoms with E-state index in [9.17, 15) is 4.79 Å². The molecule has 5 heteroatoms. The zero-order chi connectivity index (χ0) is 14.5. The lowest BCUT2D eigenvalue weighted by atomic mass is 10.1. The van der Waals surface area contributed by atoms with Crippen molar-refractivity contribution < 1.29 is 14.3 Å². The van der Waals surface area contributed by atoms with E-state index in [1.807, 2.05) is 24.8 Å². The molecule has 1 amide bonds. The first-order valence-electron chi connectivity index (χ1n) is 6.98. The molecule has 0 N–H and O–H groups in total. The molecular formula is C15H20BrNO3. The van der Waals surface area contributed by atoms with Crippen LogP contribution in [0.1, 0.15) is 30.6 Å². The van der Waals surface area contributed by atoms with Crippen molar-refractivity contribution in [2.45, 2.75) is 25.1 Å². The number of carbonyl (C=O) groups is 1. The van der Waals surface area contributed by atoms with Gasteiger partial charge in [-0.15, -0.1) is 0 Å². The van der Waals surface area contributed by atoms with E-state index in [1.165, 1.54) is 0 Å². The first kappa shape index (κ1) is 15.2. The van der Waals surface area contributed by atoms with E-state index >= 15 is 0 Å². The summed E-state index contributed by atoms with van der Waals surface area (Å²) in [5, 5.41) is 0. The molecular weight excluding hydrogens is 322 g/mol. The van der Waals surface area contributed by atoms with Crippen LogP contribution in [-0.2, 0) is 0 Å². The quantitative estimate of drug-likeness (QED) is 0.772. The molecule has 110 valence electrons. The predicted molar refractivity (Wildman–Crippen MR) is 82.0 cm³/mol. The van der Waals surface area contributed by atoms with Gasteiger partial charge in [0, 0.05) is 23.5 Å². The van der Waals surface area contributed by atoms with Crippen LogP contribution >= 0.6 is 15.9 Å². The van der Waals surface area contributed by atoms with E-state index in [4.69, 9.17) is 9.47 Å². The van der Waals surface area contributed by atoms with Gasteiger partial charge in [-0.25, -0.2) is 0 Å². The Bertz CT molecular complexity index is 478. The molecule has 0 bridgehead atoms. The summed E-state index contributed by atoms with van der Waals surface area (Å²) in [7, 11) is 0. The fourth-order valence-electron chi connectivity index (χ4n) is 2.27. The molecule has 4 nitrogen and oxygen atoms in total. The molecule has 0 radical (unpaired) electrons. The Morgan fingerprint density at radius 1 is 1.30 bits per heavy atom. The number of hydrogen-bond donors (Lipinski definition) is 0. The highest BCUT2D eigenvalue weighted by atomic mass is 79.9. The highest BCUT2D eigenvalue weighted by molar-refractivity contribution is 9.09. The van der Waals surface area contributed by atoms with Crippen molar-refractivity contribution in [2.75, 3.05) is 26.3 Å². The molecule has 20 heavy (non-hydrogen) atoms. The number of amides is 1. The van der Waals surface area contributed by atoms with Crippen molar-refractivity contribution in [1.29, 1.82) is 0 Å². The SMILES string of the molecule is CCOc1ccc(C(=O)N2CCC(Br)C2)cc1OCC. The zero-order valence-corrected chi connectivity index (χ0v) is 13.5. The molecule has 2 rings (SSSR count). The fourth-order valence-corrected chi connectivity index (χ4v) is 2.82. The average molecular weight is 342 g/mol. The first-order chi connectivity index (χ1) is 9.65. The molecule has 0 aromatic heterocycles. The third-order valence-corrected chi connectivity index (χ3v) is 3.96. The third-order valence-electron chi connectivity index (χ3n) is 3.21. The molecule has 1 aromatic carbocycles. The maximum atomic E-state index is 12.4. The van der Waals surface area contributed by atoms with E-state index < -0.39 is 0 Å². The van der Waals surface area contributed by atoms with Gasteiger partial charge in [-0.1, -0.05) is 15.9 Å². The minimum absolute atomic E-state index is 0.0518. The van der Waals surface area contributed by atoms with Gasteiger partial charge in [0.2, 0.25) is 0 Å². The van der Waals surface area contributed by atoms with Crippen LogP contribution in [-0.4, -0.2) is 41.9 Å². The lowest BCUT2D eigenvalue weighted by Crippen LogP contribution is -2.28. The van der Waals surface area contributed by atoms with Crippen molar-refractivity contribution in [3.8, 4) is 11.5 Å². The van der Waals surface area contributed by atoms with Gasteiger partial charge in [0.25, 0.3) is 5.91 Å². The van der Waals surface area contributed by atoms with Gasteiger partial charge in [-0.05, 0) is 38.5 Å². The van der Waals surface area contributed by atoms with Crippen molar-refractivity contribution in [1.82, 2.24) is 4.90 Å². The van der Waals surface area contributed by atoms with Gasteiger partial charge in [0.1, 0.15) is 0 Å². The molecule has 1 atom stereocenters. The van der Waals surface area contributed by atoms with Gasteiger partial charge in [0.05, 0.1) is 13.2 Å². The lowest BCUT2D eigenvalue weighted by molar-refractivity contribution is 0.0793. The number of alkyl halides is 1. The number of halogens is 1. The monoisotopic (exact) mass is 341 g/mol. The van der Waals surface area contributed by atoms with Crippen molar-refractivity contribution >= 4 is 21.8 Å². The summed E-state index contributed by atoms with van der Waals surface area (Å²) in [5.41, 5.74) is 0.651. The molecule has 1 aliphatic rings. The Balaban J connectivity index is 2.19. The summed E-state index contributed by atoms with van der Waals surface area (Å²) >= 11 is 3.55. The van der Waals surface area contributed by atoms with Gasteiger partial charge in [-0.3, -0.25) is 4.79 Å². The van der Waals surface area contributed by atoms with E-state index in [0.29, 0.717) is 35.1 Å². The van der Waals surface area contributed by atoms with Gasteiger partial charge >= 0.3 is 0 Å². The van der Waals surface area contributed by atoms with E-state index in [-0.39, 0.29) is 5.91 Å². The molecule has 1 unspecified atom stereocenters. The Kier molecular flexibility index (Phi) is 5.29. The Morgan fingerprint density at radius 3 is 2.60 bits per heavy atom. The summed E-state index contributed by atoms with van der Waals surface area (Å²) < 4.78 is 11.1. The van der Waals surface area contributed by atoms with Gasteiger partial charge in [0.15, 0.2) is 11.5 Å². The van der Waals surface area contributed by atoms with Crippen LogP contribution in [0, 0.1) is 0 Å². The van der Waals surface area contributed by atoms with Gasteiger partial charge < -0.3 is 14.4 Å². The largest absolute Gasteiger partial charge is 0.490 e. The molecule has 0 aliphatic carbocycles. The summed E-state index contributed by atoms with van der Waals surface area (Å²) in [6, 6.07) is 5.39. The molecule has 1 saturated heterocycles. The van der Waals surface area contributed by atoms with Crippen molar-refractivity contribution in [3.05, 3.63) is 23.8 Å². The second-order valence-electron chi connectivity index (χ2n) is 4.66. The summed E-state index contributed by atoms with van der Waals surface area (Å²) in [6.07, 6.45) is 1.00. The first-order valence-corrected chi connectivity index (χ1v) is 7.90. The minimum Gasteiger partial charge on any atom is -0.490 e. The normalized spacial score (nSPS) is 18.1. The van der Waals surface area contributed by atoms with Crippen molar-refractivity contribution in [3.63, 3.8) is 0 Å². The fraction of sp³-hybridized carbons (Fsp3) is 0.533. The van der Waals surface area contributed by atoms with E-state index in [2.05, 4.69) is 15.9 Å². The number of rotatable bonds is 5. The van der Waals surface area contributed by atoms with Crippen LogP contribution in [0.5, 0.6) is 11.5 Å². The number of hydrogen-bond acceptors (Lipinski definition) is 3. The number of ether oxygens (including phenoxy) is 2. The van der Waals surface area contributed by atoms with Gasteiger partial charge in [-0.2, -0.15) is 0 Å². The maximum absolute atomic E-state index is 12.4. The van der Waals surface area contributed by atoms with Crippen LogP contribution in [0.3, 0.4) is 0 Å². The number of carbonyl (C=O) groups excluding carboxylic acids is 1. The van der Waals surface area contributed by atoms with Crippen LogP contribution < -0.4 is 9.47 Å². The number of benzene rings is 1. The highest BCUT2D eigenvalue weighted by Crippen LogP contribution is 2.29. The molecule has 0 spiro atoms. The van der Waals surface area contributed by atoms with E-state index in [0.717, 1.165) is 19.5 Å². The highest BCUT2D eigenvalue weighted by Gasteiger charge is 2.25. The summed E-state index contributed by atoms with van der Waals surface area (Å²) in [6.45, 7) is 6.52. The molecule has 1 fully saturated rings. The Labute approximate surface area is 128 Å². The second kappa shape index (κ2) is 6.97. The standard InChI is InChI=1S/C15H20BrNO3/c1-3-19-13-6-5-11(9-14(13)20-4-2)15(18)17-8-7-12(16)10-17/h5-6,9,12H,3-4,7-8,10H2,1-2H3. The average Bonchev–Trinajstić information content (AvgIpc) is 2.87. The van der Waals surface area contributed by atoms with Crippen LogP contribution in [0.2, 0.25) is 0 Å². The van der Waals surface area contributed by atoms with E-state index in [1.54, 1.807) is 12.1 Å². The van der Waals surface area contributed by atoms with Crippen LogP contribution in [0.4, 0.5) is 0 Å². The zero-order valence-electron chi connectivity index (χ0n) is 11.9. The topological polar surface area (TPSA) is 38.8 Å².